The van der Waals surface area contributed by atoms with Crippen LogP contribution in [0.2, 0.25) is 0 Å². The summed E-state index contributed by atoms with van der Waals surface area (Å²) in [5.41, 5.74) is 4.14. The van der Waals surface area contributed by atoms with Crippen LogP contribution in [-0.2, 0) is 6.42 Å². The average Bonchev–Trinajstić information content (AvgIpc) is 2.55. The van der Waals surface area contributed by atoms with Crippen molar-refractivity contribution >= 4 is 0 Å². The summed E-state index contributed by atoms with van der Waals surface area (Å²) in [6.45, 7) is 2.21. The van der Waals surface area contributed by atoms with Gasteiger partial charge in [-0.05, 0) is 35.6 Å². The van der Waals surface area contributed by atoms with Crippen LogP contribution in [-0.4, -0.2) is 0 Å². The van der Waals surface area contributed by atoms with Crippen LogP contribution in [0.3, 0.4) is 0 Å². The lowest BCUT2D eigenvalue weighted by molar-refractivity contribution is 0.813. The van der Waals surface area contributed by atoms with Gasteiger partial charge in [0.2, 0.25) is 0 Å². The number of hydrogen-bond acceptors (Lipinski definition) is 1. The molecule has 1 nitrogen and oxygen atoms in total. The molecule has 106 valence electrons. The lowest BCUT2D eigenvalue weighted by Crippen LogP contribution is -1.85. The van der Waals surface area contributed by atoms with Gasteiger partial charge in [-0.15, -0.1) is 0 Å². The monoisotopic (exact) mass is 275 g/mol. The molecule has 0 heterocycles. The van der Waals surface area contributed by atoms with Crippen molar-refractivity contribution in [2.24, 2.45) is 0 Å². The Kier molecular flexibility index (Phi) is 5.79. The van der Waals surface area contributed by atoms with E-state index in [0.717, 1.165) is 23.1 Å². The summed E-state index contributed by atoms with van der Waals surface area (Å²) in [4.78, 5) is 0. The maximum absolute atomic E-state index is 9.16. The Hall–Kier alpha value is -2.33. The molecule has 1 heteroatoms. The van der Waals surface area contributed by atoms with E-state index in [1.165, 1.54) is 24.8 Å². The molecule has 0 amide bonds. The van der Waals surface area contributed by atoms with Crippen LogP contribution in [0.4, 0.5) is 0 Å². The summed E-state index contributed by atoms with van der Waals surface area (Å²) in [5, 5.41) is 9.16. The molecule has 2 aromatic carbocycles. The quantitative estimate of drug-likeness (QED) is 0.503. The van der Waals surface area contributed by atoms with Gasteiger partial charge in [0.25, 0.3) is 0 Å². The van der Waals surface area contributed by atoms with Crippen LogP contribution in [0.25, 0.3) is 11.1 Å². The molecular weight excluding hydrogens is 254 g/mol. The zero-order chi connectivity index (χ0) is 14.9. The van der Waals surface area contributed by atoms with Gasteiger partial charge in [0.15, 0.2) is 0 Å². The molecule has 0 aromatic heterocycles. The molecule has 2 aromatic rings. The van der Waals surface area contributed by atoms with Crippen molar-refractivity contribution < 1.29 is 0 Å². The van der Waals surface area contributed by atoms with E-state index in [1.807, 2.05) is 24.3 Å². The molecule has 0 N–H and O–H groups in total. The predicted molar refractivity (Wildman–Crippen MR) is 89.0 cm³/mol. The minimum atomic E-state index is 0.727. The van der Waals surface area contributed by atoms with Gasteiger partial charge in [0.1, 0.15) is 0 Å². The van der Waals surface area contributed by atoms with Gasteiger partial charge in [0, 0.05) is 0 Å². The highest BCUT2D eigenvalue weighted by Crippen LogP contribution is 2.23. The standard InChI is InChI=1S/C20H21N/c1-2-3-4-5-6-9-17-12-14-18(15-13-17)20-11-8-7-10-19(20)16-21/h5-8,10-15H,2-4,9H2,1H3/b6-5-. The van der Waals surface area contributed by atoms with Gasteiger partial charge < -0.3 is 0 Å². The van der Waals surface area contributed by atoms with Crippen molar-refractivity contribution in [2.45, 2.75) is 32.6 Å². The van der Waals surface area contributed by atoms with Crippen molar-refractivity contribution in [3.05, 3.63) is 71.8 Å². The first kappa shape index (κ1) is 15.1. The second-order valence-corrected chi connectivity index (χ2v) is 5.17. The fourth-order valence-electron chi connectivity index (χ4n) is 2.31. The highest BCUT2D eigenvalue weighted by atomic mass is 14.2. The predicted octanol–water partition coefficient (Wildman–Crippen LogP) is 5.51. The highest BCUT2D eigenvalue weighted by Gasteiger charge is 2.03. The first-order valence-electron chi connectivity index (χ1n) is 7.58. The Labute approximate surface area is 127 Å². The largest absolute Gasteiger partial charge is 0.192 e. The van der Waals surface area contributed by atoms with Gasteiger partial charge >= 0.3 is 0 Å². The Morgan fingerprint density at radius 2 is 1.76 bits per heavy atom. The first-order valence-corrected chi connectivity index (χ1v) is 7.58. The Bertz CT molecular complexity index is 630. The van der Waals surface area contributed by atoms with E-state index in [4.69, 9.17) is 5.26 Å². The van der Waals surface area contributed by atoms with Crippen LogP contribution >= 0.6 is 0 Å². The van der Waals surface area contributed by atoms with Gasteiger partial charge in [-0.3, -0.25) is 0 Å². The molecular formula is C20H21N. The van der Waals surface area contributed by atoms with Crippen molar-refractivity contribution in [1.29, 1.82) is 5.26 Å². The summed E-state index contributed by atoms with van der Waals surface area (Å²) in [6.07, 6.45) is 9.17. The third kappa shape index (κ3) is 4.33. The van der Waals surface area contributed by atoms with Gasteiger partial charge in [-0.1, -0.05) is 74.4 Å². The van der Waals surface area contributed by atoms with Crippen molar-refractivity contribution in [3.63, 3.8) is 0 Å². The third-order valence-corrected chi connectivity index (χ3v) is 3.56. The fraction of sp³-hybridized carbons (Fsp3) is 0.250. The molecule has 0 aliphatic rings. The van der Waals surface area contributed by atoms with E-state index in [-0.39, 0.29) is 0 Å². The van der Waals surface area contributed by atoms with Crippen LogP contribution < -0.4 is 0 Å². The number of unbranched alkanes of at least 4 members (excludes halogenated alkanes) is 2. The first-order chi connectivity index (χ1) is 10.3. The van der Waals surface area contributed by atoms with Gasteiger partial charge in [-0.25, -0.2) is 0 Å². The van der Waals surface area contributed by atoms with E-state index in [1.54, 1.807) is 0 Å². The summed E-state index contributed by atoms with van der Waals surface area (Å²) in [7, 11) is 0. The Morgan fingerprint density at radius 3 is 2.48 bits per heavy atom. The molecule has 21 heavy (non-hydrogen) atoms. The van der Waals surface area contributed by atoms with E-state index < -0.39 is 0 Å². The molecule has 0 saturated carbocycles. The summed E-state index contributed by atoms with van der Waals surface area (Å²) < 4.78 is 0. The van der Waals surface area contributed by atoms with Crippen molar-refractivity contribution in [2.75, 3.05) is 0 Å². The number of nitriles is 1. The molecule has 0 unspecified atom stereocenters. The van der Waals surface area contributed by atoms with E-state index in [9.17, 15) is 0 Å². The maximum Gasteiger partial charge on any atom is 0.0998 e. The number of allylic oxidation sites excluding steroid dienone is 2. The van der Waals surface area contributed by atoms with Gasteiger partial charge in [-0.2, -0.15) is 5.26 Å². The lowest BCUT2D eigenvalue weighted by Gasteiger charge is -2.05. The second kappa shape index (κ2) is 8.07. The van der Waals surface area contributed by atoms with Crippen molar-refractivity contribution in [1.82, 2.24) is 0 Å². The molecule has 0 atom stereocenters. The van der Waals surface area contributed by atoms with Crippen LogP contribution in [0.15, 0.2) is 60.7 Å². The van der Waals surface area contributed by atoms with E-state index in [0.29, 0.717) is 0 Å². The minimum absolute atomic E-state index is 0.727. The Balaban J connectivity index is 2.05. The summed E-state index contributed by atoms with van der Waals surface area (Å²) >= 11 is 0. The topological polar surface area (TPSA) is 23.8 Å². The smallest absolute Gasteiger partial charge is 0.0998 e. The molecule has 0 saturated heterocycles. The second-order valence-electron chi connectivity index (χ2n) is 5.17. The van der Waals surface area contributed by atoms with Gasteiger partial charge in [0.05, 0.1) is 11.6 Å². The highest BCUT2D eigenvalue weighted by molar-refractivity contribution is 5.70. The number of nitrogens with zero attached hydrogens (tertiary/aromatic N) is 1. The average molecular weight is 275 g/mol. The number of hydrogen-bond donors (Lipinski definition) is 0. The molecule has 2 rings (SSSR count). The van der Waals surface area contributed by atoms with Crippen LogP contribution in [0.5, 0.6) is 0 Å². The molecule has 0 spiro atoms. The summed E-state index contributed by atoms with van der Waals surface area (Å²) in [6, 6.07) is 18.5. The molecule has 0 fully saturated rings. The number of rotatable bonds is 6. The third-order valence-electron chi connectivity index (χ3n) is 3.56. The number of benzene rings is 2. The van der Waals surface area contributed by atoms with Crippen molar-refractivity contribution in [3.8, 4) is 17.2 Å². The minimum Gasteiger partial charge on any atom is -0.192 e. The molecule has 0 aliphatic carbocycles. The zero-order valence-corrected chi connectivity index (χ0v) is 12.5. The van der Waals surface area contributed by atoms with Crippen LogP contribution in [0, 0.1) is 11.3 Å². The van der Waals surface area contributed by atoms with E-state index in [2.05, 4.69) is 49.4 Å². The molecule has 0 bridgehead atoms. The Morgan fingerprint density at radius 1 is 1.00 bits per heavy atom. The zero-order valence-electron chi connectivity index (χ0n) is 12.5. The molecule has 0 aliphatic heterocycles. The maximum atomic E-state index is 9.16. The summed E-state index contributed by atoms with van der Waals surface area (Å²) in [5.74, 6) is 0. The normalized spacial score (nSPS) is 10.7. The SMILES string of the molecule is CCCC/C=C\Cc1ccc(-c2ccccc2C#N)cc1. The molecule has 0 radical (unpaired) electrons. The lowest BCUT2D eigenvalue weighted by atomic mass is 9.99. The van der Waals surface area contributed by atoms with E-state index >= 15 is 0 Å². The van der Waals surface area contributed by atoms with Crippen LogP contribution in [0.1, 0.15) is 37.3 Å². The fourth-order valence-corrected chi connectivity index (χ4v) is 2.31.